The van der Waals surface area contributed by atoms with Gasteiger partial charge in [-0.25, -0.2) is 22.9 Å². The summed E-state index contributed by atoms with van der Waals surface area (Å²) in [6.45, 7) is 5.37. The zero-order valence-electron chi connectivity index (χ0n) is 12.8. The molecule has 0 aliphatic heterocycles. The van der Waals surface area contributed by atoms with Crippen molar-refractivity contribution in [3.8, 4) is 0 Å². The van der Waals surface area contributed by atoms with Crippen LogP contribution in [0, 0.1) is 0 Å². The first-order valence-electron chi connectivity index (χ1n) is 6.25. The van der Waals surface area contributed by atoms with E-state index in [2.05, 4.69) is 10.9 Å². The second kappa shape index (κ2) is 6.46. The van der Waals surface area contributed by atoms with Crippen LogP contribution in [0.25, 0.3) is 0 Å². The highest BCUT2D eigenvalue weighted by molar-refractivity contribution is 7.88. The molecule has 0 saturated heterocycles. The van der Waals surface area contributed by atoms with Crippen LogP contribution in [0.2, 0.25) is 0 Å². The Morgan fingerprint density at radius 2 is 1.95 bits per heavy atom. The minimum atomic E-state index is -3.59. The number of ether oxygens (including phenoxy) is 1. The molecular formula is C12H21N3O5S. The van der Waals surface area contributed by atoms with Crippen LogP contribution in [-0.2, 0) is 21.3 Å². The van der Waals surface area contributed by atoms with Gasteiger partial charge in [-0.1, -0.05) is 0 Å². The summed E-state index contributed by atoms with van der Waals surface area (Å²) in [7, 11) is -0.762. The maximum atomic E-state index is 11.8. The summed E-state index contributed by atoms with van der Waals surface area (Å²) < 4.78 is 34.9. The Bertz CT molecular complexity index is 586. The fourth-order valence-corrected chi connectivity index (χ4v) is 2.09. The number of rotatable bonds is 5. The number of hydrogen-bond donors (Lipinski definition) is 2. The number of sulfonamides is 1. The third kappa shape index (κ3) is 5.37. The molecule has 0 aromatic carbocycles. The van der Waals surface area contributed by atoms with Crippen LogP contribution < -0.4 is 10.9 Å². The Labute approximate surface area is 124 Å². The van der Waals surface area contributed by atoms with E-state index in [1.807, 2.05) is 0 Å². The monoisotopic (exact) mass is 319 g/mol. The predicted octanol–water partition coefficient (Wildman–Crippen LogP) is 1.06. The van der Waals surface area contributed by atoms with E-state index < -0.39 is 21.7 Å². The first kappa shape index (κ1) is 17.5. The summed E-state index contributed by atoms with van der Waals surface area (Å²) in [6.07, 6.45) is -0.629. The Balaban J connectivity index is 2.52. The molecule has 1 aromatic rings. The minimum absolute atomic E-state index is 0.127. The van der Waals surface area contributed by atoms with Gasteiger partial charge in [0.1, 0.15) is 11.4 Å². The molecule has 9 heteroatoms. The number of carbonyl (C=O) groups is 1. The van der Waals surface area contributed by atoms with Crippen LogP contribution in [0.4, 0.5) is 4.79 Å². The first-order chi connectivity index (χ1) is 9.52. The third-order valence-corrected chi connectivity index (χ3v) is 3.91. The molecule has 0 radical (unpaired) electrons. The quantitative estimate of drug-likeness (QED) is 0.787. The van der Waals surface area contributed by atoms with Crippen LogP contribution in [0.1, 0.15) is 26.5 Å². The third-order valence-electron chi connectivity index (χ3n) is 2.22. The van der Waals surface area contributed by atoms with E-state index >= 15 is 0 Å². The van der Waals surface area contributed by atoms with E-state index in [1.165, 1.54) is 26.2 Å². The molecule has 1 aromatic heterocycles. The highest BCUT2D eigenvalue weighted by Crippen LogP contribution is 2.16. The molecule has 0 unspecified atom stereocenters. The van der Waals surface area contributed by atoms with E-state index in [9.17, 15) is 13.2 Å². The van der Waals surface area contributed by atoms with Crippen molar-refractivity contribution in [2.24, 2.45) is 0 Å². The van der Waals surface area contributed by atoms with Gasteiger partial charge in [-0.15, -0.1) is 0 Å². The van der Waals surface area contributed by atoms with Gasteiger partial charge in [0.15, 0.2) is 0 Å². The summed E-state index contributed by atoms with van der Waals surface area (Å²) in [5, 5.41) is -0.151. The number of nitrogens with zero attached hydrogens (tertiary/aromatic N) is 1. The second-order valence-corrected chi connectivity index (χ2v) is 7.57. The SMILES string of the molecule is CN(C)S(=O)(=O)c1ccc(CNNC(=O)OC(C)(C)C)o1. The zero-order valence-corrected chi connectivity index (χ0v) is 13.6. The van der Waals surface area contributed by atoms with Crippen molar-refractivity contribution in [3.05, 3.63) is 17.9 Å². The Morgan fingerprint density at radius 3 is 2.48 bits per heavy atom. The van der Waals surface area contributed by atoms with Gasteiger partial charge in [0.05, 0.1) is 6.54 Å². The summed E-state index contributed by atoms with van der Waals surface area (Å²) in [5.74, 6) is 0.367. The smallest absolute Gasteiger partial charge is 0.422 e. The number of amides is 1. The summed E-state index contributed by atoms with van der Waals surface area (Å²) in [6, 6.07) is 2.87. The highest BCUT2D eigenvalue weighted by atomic mass is 32.2. The van der Waals surface area contributed by atoms with Crippen molar-refractivity contribution in [2.75, 3.05) is 14.1 Å². The maximum absolute atomic E-state index is 11.8. The molecule has 2 N–H and O–H groups in total. The largest absolute Gasteiger partial charge is 0.447 e. The van der Waals surface area contributed by atoms with Gasteiger partial charge in [0, 0.05) is 14.1 Å². The molecule has 1 heterocycles. The molecule has 120 valence electrons. The summed E-state index contributed by atoms with van der Waals surface area (Å²) in [5.41, 5.74) is 4.32. The molecule has 0 atom stereocenters. The standard InChI is InChI=1S/C12H21N3O5S/c1-12(2,3)20-11(16)14-13-8-9-6-7-10(19-9)21(17,18)15(4)5/h6-7,13H,8H2,1-5H3,(H,14,16). The van der Waals surface area contributed by atoms with Crippen molar-refractivity contribution in [3.63, 3.8) is 0 Å². The molecule has 0 fully saturated rings. The molecule has 0 bridgehead atoms. The zero-order chi connectivity index (χ0) is 16.3. The van der Waals surface area contributed by atoms with Crippen LogP contribution in [-0.4, -0.2) is 38.5 Å². The Hall–Kier alpha value is -1.58. The summed E-state index contributed by atoms with van der Waals surface area (Å²) >= 11 is 0. The molecular weight excluding hydrogens is 298 g/mol. The first-order valence-corrected chi connectivity index (χ1v) is 7.69. The van der Waals surface area contributed by atoms with Crippen molar-refractivity contribution < 1.29 is 22.4 Å². The number of hydrazine groups is 1. The average molecular weight is 319 g/mol. The van der Waals surface area contributed by atoms with E-state index in [1.54, 1.807) is 20.8 Å². The van der Waals surface area contributed by atoms with E-state index in [0.29, 0.717) is 5.76 Å². The number of hydrogen-bond acceptors (Lipinski definition) is 6. The molecule has 1 amide bonds. The van der Waals surface area contributed by atoms with E-state index in [-0.39, 0.29) is 11.6 Å². The second-order valence-electron chi connectivity index (χ2n) is 5.49. The Kier molecular flexibility index (Phi) is 5.37. The lowest BCUT2D eigenvalue weighted by molar-refractivity contribution is 0.0495. The summed E-state index contributed by atoms with van der Waals surface area (Å²) in [4.78, 5) is 11.4. The molecule has 8 nitrogen and oxygen atoms in total. The average Bonchev–Trinajstić information content (AvgIpc) is 2.75. The molecule has 0 aliphatic carbocycles. The van der Waals surface area contributed by atoms with Gasteiger partial charge >= 0.3 is 6.09 Å². The molecule has 0 aliphatic rings. The fourth-order valence-electron chi connectivity index (χ4n) is 1.28. The van der Waals surface area contributed by atoms with Crippen LogP contribution in [0.5, 0.6) is 0 Å². The van der Waals surface area contributed by atoms with Crippen molar-refractivity contribution >= 4 is 16.1 Å². The van der Waals surface area contributed by atoms with Gasteiger partial charge in [-0.05, 0) is 32.9 Å². The number of furan rings is 1. The lowest BCUT2D eigenvalue weighted by atomic mass is 10.2. The van der Waals surface area contributed by atoms with Gasteiger partial charge in [-0.2, -0.15) is 0 Å². The number of carbonyl (C=O) groups excluding carboxylic acids is 1. The Morgan fingerprint density at radius 1 is 1.33 bits per heavy atom. The number of nitrogens with one attached hydrogen (secondary N) is 2. The van der Waals surface area contributed by atoms with Gasteiger partial charge in [0.2, 0.25) is 5.09 Å². The normalized spacial score (nSPS) is 12.5. The topological polar surface area (TPSA) is 101 Å². The highest BCUT2D eigenvalue weighted by Gasteiger charge is 2.21. The molecule has 21 heavy (non-hydrogen) atoms. The lowest BCUT2D eigenvalue weighted by Gasteiger charge is -2.19. The van der Waals surface area contributed by atoms with E-state index in [0.717, 1.165) is 4.31 Å². The van der Waals surface area contributed by atoms with Crippen LogP contribution >= 0.6 is 0 Å². The van der Waals surface area contributed by atoms with Crippen molar-refractivity contribution in [1.29, 1.82) is 0 Å². The molecule has 0 spiro atoms. The van der Waals surface area contributed by atoms with Gasteiger partial charge in [0.25, 0.3) is 10.0 Å². The van der Waals surface area contributed by atoms with Crippen molar-refractivity contribution in [2.45, 2.75) is 38.0 Å². The fraction of sp³-hybridized carbons (Fsp3) is 0.583. The van der Waals surface area contributed by atoms with Gasteiger partial charge < -0.3 is 9.15 Å². The van der Waals surface area contributed by atoms with Crippen LogP contribution in [0.15, 0.2) is 21.6 Å². The van der Waals surface area contributed by atoms with Crippen LogP contribution in [0.3, 0.4) is 0 Å². The maximum Gasteiger partial charge on any atom is 0.422 e. The van der Waals surface area contributed by atoms with Crippen molar-refractivity contribution in [1.82, 2.24) is 15.2 Å². The lowest BCUT2D eigenvalue weighted by Crippen LogP contribution is -2.40. The molecule has 1 rings (SSSR count). The molecule has 0 saturated carbocycles. The van der Waals surface area contributed by atoms with E-state index in [4.69, 9.17) is 9.15 Å². The minimum Gasteiger partial charge on any atom is -0.447 e. The van der Waals surface area contributed by atoms with Gasteiger partial charge in [-0.3, -0.25) is 5.43 Å². The predicted molar refractivity (Wildman–Crippen MR) is 75.8 cm³/mol.